The van der Waals surface area contributed by atoms with Crippen LogP contribution in [0.4, 0.5) is 11.4 Å². The van der Waals surface area contributed by atoms with Gasteiger partial charge in [-0.1, -0.05) is 6.07 Å². The second kappa shape index (κ2) is 5.59. The van der Waals surface area contributed by atoms with Crippen LogP contribution in [0.5, 0.6) is 0 Å². The number of benzene rings is 1. The van der Waals surface area contributed by atoms with E-state index in [4.69, 9.17) is 5.73 Å². The third-order valence-corrected chi connectivity index (χ3v) is 3.64. The number of nitrogens with two attached hydrogens (primary N) is 1. The van der Waals surface area contributed by atoms with Gasteiger partial charge in [-0.2, -0.15) is 0 Å². The number of nitrogens with zero attached hydrogens (tertiary/aromatic N) is 1. The molecule has 1 amide bonds. The van der Waals surface area contributed by atoms with Crippen molar-refractivity contribution in [2.24, 2.45) is 0 Å². The second-order valence-corrected chi connectivity index (χ2v) is 5.18. The molecule has 1 heterocycles. The third kappa shape index (κ3) is 3.24. The monoisotopic (exact) mass is 263 g/mol. The Hall–Kier alpha value is -1.59. The summed E-state index contributed by atoms with van der Waals surface area (Å²) >= 11 is 0. The van der Waals surface area contributed by atoms with Crippen molar-refractivity contribution in [3.8, 4) is 0 Å². The molecule has 19 heavy (non-hydrogen) atoms. The van der Waals surface area contributed by atoms with Crippen molar-refractivity contribution in [3.05, 3.63) is 23.8 Å². The minimum absolute atomic E-state index is 0.0669. The summed E-state index contributed by atoms with van der Waals surface area (Å²) in [6.45, 7) is 5.10. The fourth-order valence-electron chi connectivity index (χ4n) is 2.30. The van der Waals surface area contributed by atoms with Gasteiger partial charge in [0.05, 0.1) is 12.1 Å². The van der Waals surface area contributed by atoms with Crippen molar-refractivity contribution in [2.75, 3.05) is 24.1 Å². The third-order valence-electron chi connectivity index (χ3n) is 3.64. The van der Waals surface area contributed by atoms with Crippen molar-refractivity contribution in [3.63, 3.8) is 0 Å². The van der Waals surface area contributed by atoms with Crippen LogP contribution in [0.25, 0.3) is 0 Å². The van der Waals surface area contributed by atoms with E-state index in [1.54, 1.807) is 6.07 Å². The number of carbonyl (C=O) groups excluding carboxylic acids is 1. The van der Waals surface area contributed by atoms with Gasteiger partial charge >= 0.3 is 0 Å². The molecule has 104 valence electrons. The highest BCUT2D eigenvalue weighted by Gasteiger charge is 2.28. The summed E-state index contributed by atoms with van der Waals surface area (Å²) in [5, 5.41) is 12.4. The van der Waals surface area contributed by atoms with Gasteiger partial charge in [0, 0.05) is 24.5 Å². The molecule has 1 aliphatic heterocycles. The summed E-state index contributed by atoms with van der Waals surface area (Å²) in [5.74, 6) is -0.0669. The Labute approximate surface area is 113 Å². The van der Waals surface area contributed by atoms with E-state index >= 15 is 0 Å². The summed E-state index contributed by atoms with van der Waals surface area (Å²) in [7, 11) is 0. The zero-order valence-corrected chi connectivity index (χ0v) is 11.4. The lowest BCUT2D eigenvalue weighted by atomic mass is 10.1. The highest BCUT2D eigenvalue weighted by atomic mass is 16.3. The van der Waals surface area contributed by atoms with Crippen LogP contribution in [0.15, 0.2) is 18.2 Å². The van der Waals surface area contributed by atoms with Crippen LogP contribution in [0.3, 0.4) is 0 Å². The molecule has 2 unspecified atom stereocenters. The molecule has 0 saturated carbocycles. The largest absolute Gasteiger partial charge is 0.399 e. The van der Waals surface area contributed by atoms with Gasteiger partial charge in [0.2, 0.25) is 5.91 Å². The van der Waals surface area contributed by atoms with Gasteiger partial charge in [-0.25, -0.2) is 0 Å². The Morgan fingerprint density at radius 1 is 1.58 bits per heavy atom. The average molecular weight is 263 g/mol. The fraction of sp³-hybridized carbons (Fsp3) is 0.500. The van der Waals surface area contributed by atoms with Crippen molar-refractivity contribution in [1.29, 1.82) is 0 Å². The smallest absolute Gasteiger partial charge is 0.241 e. The van der Waals surface area contributed by atoms with E-state index < -0.39 is 0 Å². The molecule has 0 aromatic heterocycles. The summed E-state index contributed by atoms with van der Waals surface area (Å²) in [6, 6.07) is 5.21. The zero-order chi connectivity index (χ0) is 14.0. The van der Waals surface area contributed by atoms with Gasteiger partial charge in [-0.05, 0) is 38.0 Å². The fourth-order valence-corrected chi connectivity index (χ4v) is 2.30. The Morgan fingerprint density at radius 2 is 2.32 bits per heavy atom. The highest BCUT2D eigenvalue weighted by Crippen LogP contribution is 2.19. The minimum Gasteiger partial charge on any atom is -0.399 e. The topological polar surface area (TPSA) is 78.6 Å². The van der Waals surface area contributed by atoms with E-state index in [1.807, 2.05) is 30.9 Å². The Kier molecular flexibility index (Phi) is 4.07. The van der Waals surface area contributed by atoms with E-state index in [0.717, 1.165) is 24.2 Å². The van der Waals surface area contributed by atoms with Crippen LogP contribution in [0.2, 0.25) is 0 Å². The minimum atomic E-state index is -0.315. The first-order chi connectivity index (χ1) is 8.97. The SMILES string of the molecule is Cc1ccc(N)cc1NC(=O)C(C)N1CCC(O)C1. The average Bonchev–Trinajstić information content (AvgIpc) is 2.79. The molecule has 1 aromatic carbocycles. The maximum atomic E-state index is 12.2. The lowest BCUT2D eigenvalue weighted by Gasteiger charge is -2.23. The van der Waals surface area contributed by atoms with Crippen LogP contribution in [-0.2, 0) is 4.79 Å². The number of rotatable bonds is 3. The van der Waals surface area contributed by atoms with Crippen molar-refractivity contribution >= 4 is 17.3 Å². The molecule has 2 rings (SSSR count). The first-order valence-corrected chi connectivity index (χ1v) is 6.56. The van der Waals surface area contributed by atoms with Crippen molar-refractivity contribution < 1.29 is 9.90 Å². The molecule has 1 aliphatic rings. The van der Waals surface area contributed by atoms with Gasteiger partial charge in [0.25, 0.3) is 0 Å². The first-order valence-electron chi connectivity index (χ1n) is 6.56. The normalized spacial score (nSPS) is 21.3. The Morgan fingerprint density at radius 3 is 2.95 bits per heavy atom. The molecule has 1 fully saturated rings. The molecule has 5 heteroatoms. The molecule has 1 saturated heterocycles. The number of anilines is 2. The number of nitrogen functional groups attached to an aromatic ring is 1. The van der Waals surface area contributed by atoms with Crippen LogP contribution >= 0.6 is 0 Å². The molecule has 5 nitrogen and oxygen atoms in total. The molecule has 1 aromatic rings. The van der Waals surface area contributed by atoms with Gasteiger partial charge in [-0.15, -0.1) is 0 Å². The van der Waals surface area contributed by atoms with Crippen molar-refractivity contribution in [2.45, 2.75) is 32.4 Å². The quantitative estimate of drug-likeness (QED) is 0.710. The predicted molar refractivity (Wildman–Crippen MR) is 75.9 cm³/mol. The number of aliphatic hydroxyl groups is 1. The Balaban J connectivity index is 2.02. The summed E-state index contributed by atoms with van der Waals surface area (Å²) in [4.78, 5) is 14.2. The maximum Gasteiger partial charge on any atom is 0.241 e. The van der Waals surface area contributed by atoms with E-state index in [-0.39, 0.29) is 18.1 Å². The number of aliphatic hydroxyl groups excluding tert-OH is 1. The molecule has 2 atom stereocenters. The molecule has 0 spiro atoms. The van der Waals surface area contributed by atoms with E-state index in [1.165, 1.54) is 0 Å². The van der Waals surface area contributed by atoms with E-state index in [9.17, 15) is 9.90 Å². The maximum absolute atomic E-state index is 12.2. The van der Waals surface area contributed by atoms with E-state index in [0.29, 0.717) is 12.2 Å². The first kappa shape index (κ1) is 13.8. The zero-order valence-electron chi connectivity index (χ0n) is 11.4. The van der Waals surface area contributed by atoms with Gasteiger partial charge in [0.1, 0.15) is 0 Å². The molecule has 0 radical (unpaired) electrons. The Bertz CT molecular complexity index is 476. The number of β-amino-alcohol motifs (C(OH)–C–C–N with tert-alkyl or cyclic N) is 1. The number of aryl methyl sites for hydroxylation is 1. The number of hydrogen-bond acceptors (Lipinski definition) is 4. The molecule has 0 bridgehead atoms. The standard InChI is InChI=1S/C14H21N3O2/c1-9-3-4-11(15)7-13(9)16-14(19)10(2)17-6-5-12(18)8-17/h3-4,7,10,12,18H,5-6,8,15H2,1-2H3,(H,16,19). The number of likely N-dealkylation sites (tertiary alicyclic amines) is 1. The lowest BCUT2D eigenvalue weighted by Crippen LogP contribution is -2.41. The molecular weight excluding hydrogens is 242 g/mol. The molecule has 4 N–H and O–H groups in total. The highest BCUT2D eigenvalue weighted by molar-refractivity contribution is 5.95. The molecular formula is C14H21N3O2. The number of nitrogens with one attached hydrogen (secondary N) is 1. The van der Waals surface area contributed by atoms with Crippen LogP contribution in [-0.4, -0.2) is 41.1 Å². The molecule has 0 aliphatic carbocycles. The number of hydrogen-bond donors (Lipinski definition) is 3. The summed E-state index contributed by atoms with van der Waals surface area (Å²) in [5.41, 5.74) is 8.08. The van der Waals surface area contributed by atoms with Gasteiger partial charge < -0.3 is 16.2 Å². The number of carbonyl (C=O) groups is 1. The lowest BCUT2D eigenvalue weighted by molar-refractivity contribution is -0.120. The van der Waals surface area contributed by atoms with Crippen LogP contribution < -0.4 is 11.1 Å². The second-order valence-electron chi connectivity index (χ2n) is 5.18. The summed E-state index contributed by atoms with van der Waals surface area (Å²) in [6.07, 6.45) is 0.416. The van der Waals surface area contributed by atoms with Crippen LogP contribution in [0.1, 0.15) is 18.9 Å². The van der Waals surface area contributed by atoms with Gasteiger partial charge in [-0.3, -0.25) is 9.69 Å². The van der Waals surface area contributed by atoms with E-state index in [2.05, 4.69) is 5.32 Å². The van der Waals surface area contributed by atoms with Crippen molar-refractivity contribution in [1.82, 2.24) is 4.90 Å². The summed E-state index contributed by atoms with van der Waals surface area (Å²) < 4.78 is 0. The number of amides is 1. The van der Waals surface area contributed by atoms with Crippen LogP contribution in [0, 0.1) is 6.92 Å². The van der Waals surface area contributed by atoms with Gasteiger partial charge in [0.15, 0.2) is 0 Å². The predicted octanol–water partition coefficient (Wildman–Crippen LogP) is 0.971.